The largest absolute Gasteiger partial charge is 0.478 e. The predicted molar refractivity (Wildman–Crippen MR) is 104 cm³/mol. The zero-order chi connectivity index (χ0) is 18.8. The fourth-order valence-electron chi connectivity index (χ4n) is 2.97. The molecule has 0 saturated heterocycles. The second-order valence-electron chi connectivity index (χ2n) is 6.07. The number of halogens is 1. The van der Waals surface area contributed by atoms with Crippen molar-refractivity contribution in [2.24, 2.45) is 0 Å². The number of nitrogens with one attached hydrogen (secondary N) is 1. The van der Waals surface area contributed by atoms with Gasteiger partial charge < -0.3 is 10.4 Å². The first kappa shape index (κ1) is 17.9. The minimum absolute atomic E-state index is 0.153. The highest BCUT2D eigenvalue weighted by Crippen LogP contribution is 2.31. The van der Waals surface area contributed by atoms with Crippen molar-refractivity contribution in [3.8, 4) is 6.07 Å². The minimum atomic E-state index is -0.975. The van der Waals surface area contributed by atoms with Crippen molar-refractivity contribution in [1.29, 1.82) is 5.26 Å². The van der Waals surface area contributed by atoms with Crippen LogP contribution >= 0.6 is 15.9 Å². The number of carboxylic acid groups (broad SMARTS) is 1. The maximum Gasteiger partial charge on any atom is 0.337 e. The van der Waals surface area contributed by atoms with Crippen molar-refractivity contribution in [1.82, 2.24) is 4.98 Å². The second kappa shape index (κ2) is 7.14. The van der Waals surface area contributed by atoms with Crippen LogP contribution in [0.4, 0.5) is 5.69 Å². The molecule has 0 aliphatic rings. The standard InChI is InChI=1S/C20H16BrN3O2/c1-11-7-14(15-9-16(21)19(10-22)24-18(15)8-11)12(2)23-17-6-4-3-5-13(17)20(25)26/h3-9,12,23H,1-2H3,(H,25,26). The average Bonchev–Trinajstić information content (AvgIpc) is 2.61. The Hall–Kier alpha value is -2.91. The van der Waals surface area contributed by atoms with E-state index in [0.29, 0.717) is 15.9 Å². The van der Waals surface area contributed by atoms with Crippen LogP contribution < -0.4 is 5.32 Å². The molecule has 1 unspecified atom stereocenters. The van der Waals surface area contributed by atoms with Crippen molar-refractivity contribution < 1.29 is 9.90 Å². The van der Waals surface area contributed by atoms with E-state index >= 15 is 0 Å². The summed E-state index contributed by atoms with van der Waals surface area (Å²) in [6, 6.07) is 14.6. The molecule has 1 heterocycles. The molecule has 3 aromatic rings. The molecule has 6 heteroatoms. The Morgan fingerprint density at radius 2 is 2.04 bits per heavy atom. The molecule has 3 rings (SSSR count). The van der Waals surface area contributed by atoms with Gasteiger partial charge in [0.25, 0.3) is 0 Å². The van der Waals surface area contributed by atoms with Gasteiger partial charge in [-0.05, 0) is 65.2 Å². The summed E-state index contributed by atoms with van der Waals surface area (Å²) < 4.78 is 0.635. The number of aromatic carboxylic acids is 1. The van der Waals surface area contributed by atoms with Crippen LogP contribution in [0.1, 0.15) is 40.1 Å². The molecule has 5 nitrogen and oxygen atoms in total. The lowest BCUT2D eigenvalue weighted by Crippen LogP contribution is -2.11. The van der Waals surface area contributed by atoms with Crippen LogP contribution in [-0.2, 0) is 0 Å². The van der Waals surface area contributed by atoms with Crippen molar-refractivity contribution in [3.05, 3.63) is 69.3 Å². The molecular formula is C20H16BrN3O2. The third-order valence-electron chi connectivity index (χ3n) is 4.17. The number of carboxylic acids is 1. The van der Waals surface area contributed by atoms with Crippen molar-refractivity contribution in [3.63, 3.8) is 0 Å². The first-order valence-electron chi connectivity index (χ1n) is 8.00. The van der Waals surface area contributed by atoms with Crippen molar-refractivity contribution >= 4 is 38.5 Å². The van der Waals surface area contributed by atoms with E-state index in [1.807, 2.05) is 32.0 Å². The molecule has 0 aliphatic heterocycles. The highest BCUT2D eigenvalue weighted by Gasteiger charge is 2.16. The number of anilines is 1. The molecule has 1 atom stereocenters. The number of hydrogen-bond acceptors (Lipinski definition) is 4. The van der Waals surface area contributed by atoms with Gasteiger partial charge in [0, 0.05) is 17.1 Å². The number of benzene rings is 2. The van der Waals surface area contributed by atoms with Gasteiger partial charge in [0.15, 0.2) is 5.69 Å². The molecule has 0 radical (unpaired) electrons. The summed E-state index contributed by atoms with van der Waals surface area (Å²) in [7, 11) is 0. The van der Waals surface area contributed by atoms with E-state index in [-0.39, 0.29) is 11.6 Å². The molecule has 0 spiro atoms. The predicted octanol–water partition coefficient (Wildman–Crippen LogP) is 5.05. The SMILES string of the molecule is Cc1cc(C(C)Nc2ccccc2C(=O)O)c2cc(Br)c(C#N)nc2c1. The van der Waals surface area contributed by atoms with Crippen LogP contribution in [0.5, 0.6) is 0 Å². The first-order chi connectivity index (χ1) is 12.4. The number of hydrogen-bond donors (Lipinski definition) is 2. The summed E-state index contributed by atoms with van der Waals surface area (Å²) >= 11 is 3.39. The number of nitriles is 1. The van der Waals surface area contributed by atoms with E-state index in [4.69, 9.17) is 0 Å². The third-order valence-corrected chi connectivity index (χ3v) is 4.77. The van der Waals surface area contributed by atoms with Crippen LogP contribution in [0, 0.1) is 18.3 Å². The number of nitrogens with zero attached hydrogens (tertiary/aromatic N) is 2. The molecule has 1 aromatic heterocycles. The quantitative estimate of drug-likeness (QED) is 0.629. The fourth-order valence-corrected chi connectivity index (χ4v) is 3.37. The van der Waals surface area contributed by atoms with Gasteiger partial charge >= 0.3 is 5.97 Å². The molecule has 0 bridgehead atoms. The normalized spacial score (nSPS) is 11.8. The molecule has 0 aliphatic carbocycles. The molecule has 0 amide bonds. The van der Waals surface area contributed by atoms with Crippen LogP contribution in [0.3, 0.4) is 0 Å². The third kappa shape index (κ3) is 3.39. The summed E-state index contributed by atoms with van der Waals surface area (Å²) in [5.74, 6) is -0.975. The van der Waals surface area contributed by atoms with Crippen LogP contribution in [0.15, 0.2) is 46.9 Å². The summed E-state index contributed by atoms with van der Waals surface area (Å²) in [6.45, 7) is 3.94. The Morgan fingerprint density at radius 3 is 2.73 bits per heavy atom. The number of carbonyl (C=O) groups is 1. The minimum Gasteiger partial charge on any atom is -0.478 e. The van der Waals surface area contributed by atoms with Gasteiger partial charge in [0.1, 0.15) is 6.07 Å². The number of para-hydroxylation sites is 1. The smallest absolute Gasteiger partial charge is 0.337 e. The van der Waals surface area contributed by atoms with E-state index in [2.05, 4.69) is 32.3 Å². The molecule has 2 N–H and O–H groups in total. The number of fused-ring (bicyclic) bond motifs is 1. The van der Waals surface area contributed by atoms with E-state index in [0.717, 1.165) is 22.0 Å². The van der Waals surface area contributed by atoms with E-state index < -0.39 is 5.97 Å². The Kier molecular flexibility index (Phi) is 4.92. The summed E-state index contributed by atoms with van der Waals surface area (Å²) in [6.07, 6.45) is 0. The highest BCUT2D eigenvalue weighted by molar-refractivity contribution is 9.10. The van der Waals surface area contributed by atoms with Gasteiger partial charge in [0.2, 0.25) is 0 Å². The topological polar surface area (TPSA) is 86.0 Å². The van der Waals surface area contributed by atoms with Gasteiger partial charge in [-0.15, -0.1) is 0 Å². The van der Waals surface area contributed by atoms with Crippen LogP contribution in [0.2, 0.25) is 0 Å². The lowest BCUT2D eigenvalue weighted by atomic mass is 9.98. The van der Waals surface area contributed by atoms with E-state index in [9.17, 15) is 15.2 Å². The summed E-state index contributed by atoms with van der Waals surface area (Å²) in [4.78, 5) is 15.9. The first-order valence-corrected chi connectivity index (χ1v) is 8.79. The number of pyridine rings is 1. The maximum absolute atomic E-state index is 11.4. The molecule has 26 heavy (non-hydrogen) atoms. The number of rotatable bonds is 4. The Labute approximate surface area is 159 Å². The van der Waals surface area contributed by atoms with Gasteiger partial charge in [-0.2, -0.15) is 5.26 Å². The van der Waals surface area contributed by atoms with Crippen LogP contribution in [0.25, 0.3) is 10.9 Å². The van der Waals surface area contributed by atoms with E-state index in [1.165, 1.54) is 0 Å². The highest BCUT2D eigenvalue weighted by atomic mass is 79.9. The Bertz CT molecular complexity index is 1060. The summed E-state index contributed by atoms with van der Waals surface area (Å²) in [5, 5.41) is 22.8. The van der Waals surface area contributed by atoms with Crippen molar-refractivity contribution in [2.75, 3.05) is 5.32 Å². The number of aromatic nitrogens is 1. The lowest BCUT2D eigenvalue weighted by molar-refractivity contribution is 0.0698. The fraction of sp³-hybridized carbons (Fsp3) is 0.150. The van der Waals surface area contributed by atoms with Gasteiger partial charge in [-0.3, -0.25) is 0 Å². The maximum atomic E-state index is 11.4. The molecular weight excluding hydrogens is 394 g/mol. The lowest BCUT2D eigenvalue weighted by Gasteiger charge is -2.20. The van der Waals surface area contributed by atoms with Gasteiger partial charge in [-0.1, -0.05) is 18.2 Å². The monoisotopic (exact) mass is 409 g/mol. The Morgan fingerprint density at radius 1 is 1.31 bits per heavy atom. The zero-order valence-electron chi connectivity index (χ0n) is 14.2. The van der Waals surface area contributed by atoms with Crippen molar-refractivity contribution in [2.45, 2.75) is 19.9 Å². The average molecular weight is 410 g/mol. The van der Waals surface area contributed by atoms with Gasteiger partial charge in [0.05, 0.1) is 15.6 Å². The Balaban J connectivity index is 2.09. The second-order valence-corrected chi connectivity index (χ2v) is 6.92. The van der Waals surface area contributed by atoms with E-state index in [1.54, 1.807) is 24.3 Å². The molecule has 2 aromatic carbocycles. The molecule has 130 valence electrons. The summed E-state index contributed by atoms with van der Waals surface area (Å²) in [5.41, 5.74) is 3.86. The van der Waals surface area contributed by atoms with Gasteiger partial charge in [-0.25, -0.2) is 9.78 Å². The molecule has 0 saturated carbocycles. The van der Waals surface area contributed by atoms with Crippen LogP contribution in [-0.4, -0.2) is 16.1 Å². The zero-order valence-corrected chi connectivity index (χ0v) is 15.8. The molecule has 0 fully saturated rings. The number of aryl methyl sites for hydroxylation is 1.